The van der Waals surface area contributed by atoms with Gasteiger partial charge in [-0.3, -0.25) is 4.79 Å². The second kappa shape index (κ2) is 7.31. The summed E-state index contributed by atoms with van der Waals surface area (Å²) in [5.41, 5.74) is 1.30. The molecule has 0 fully saturated rings. The molecule has 0 aromatic carbocycles. The maximum atomic E-state index is 12.6. The lowest BCUT2D eigenvalue weighted by molar-refractivity contribution is -0.129. The van der Waals surface area contributed by atoms with E-state index in [2.05, 4.69) is 33.1 Å². The van der Waals surface area contributed by atoms with Crippen LogP contribution in [0.4, 0.5) is 0 Å². The Morgan fingerprint density at radius 1 is 1.28 bits per heavy atom. The van der Waals surface area contributed by atoms with Crippen LogP contribution in [0.25, 0.3) is 10.7 Å². The number of rotatable bonds is 5. The number of carbonyl (C=O) groups is 1. The SMILES string of the molecule is CCn1c(SCC(=O)N2CCc3sccc3C2)nnc1-c1cccs1. The van der Waals surface area contributed by atoms with E-state index in [-0.39, 0.29) is 5.91 Å². The van der Waals surface area contributed by atoms with Gasteiger partial charge < -0.3 is 9.47 Å². The van der Waals surface area contributed by atoms with Gasteiger partial charge in [0.25, 0.3) is 0 Å². The van der Waals surface area contributed by atoms with Gasteiger partial charge in [0.1, 0.15) is 0 Å². The van der Waals surface area contributed by atoms with Crippen molar-refractivity contribution in [1.29, 1.82) is 0 Å². The highest BCUT2D eigenvalue weighted by molar-refractivity contribution is 7.99. The first-order chi connectivity index (χ1) is 12.3. The zero-order valence-electron chi connectivity index (χ0n) is 13.8. The smallest absolute Gasteiger partial charge is 0.233 e. The molecule has 0 spiro atoms. The molecule has 25 heavy (non-hydrogen) atoms. The molecule has 130 valence electrons. The summed E-state index contributed by atoms with van der Waals surface area (Å²) in [6.45, 7) is 4.42. The van der Waals surface area contributed by atoms with E-state index in [0.29, 0.717) is 5.75 Å². The van der Waals surface area contributed by atoms with Crippen molar-refractivity contribution in [2.75, 3.05) is 12.3 Å². The molecule has 5 nitrogen and oxygen atoms in total. The fourth-order valence-corrected chi connectivity index (χ4v) is 5.46. The van der Waals surface area contributed by atoms with Crippen molar-refractivity contribution in [3.8, 4) is 10.7 Å². The predicted octanol–water partition coefficient (Wildman–Crippen LogP) is 3.77. The predicted molar refractivity (Wildman–Crippen MR) is 103 cm³/mol. The lowest BCUT2D eigenvalue weighted by Gasteiger charge is -2.26. The standard InChI is InChI=1S/C17H18N4OS3/c1-2-21-16(14-4-3-8-23-14)18-19-17(21)25-11-15(22)20-7-5-13-12(10-20)6-9-24-13/h3-4,6,8-9H,2,5,7,10-11H2,1H3. The number of thioether (sulfide) groups is 1. The van der Waals surface area contributed by atoms with Crippen LogP contribution in [0.3, 0.4) is 0 Å². The first kappa shape index (κ1) is 16.8. The summed E-state index contributed by atoms with van der Waals surface area (Å²) in [5.74, 6) is 1.46. The Kier molecular flexibility index (Phi) is 4.91. The summed E-state index contributed by atoms with van der Waals surface area (Å²) >= 11 is 4.93. The summed E-state index contributed by atoms with van der Waals surface area (Å²) in [7, 11) is 0. The van der Waals surface area contributed by atoms with Crippen LogP contribution in [0.1, 0.15) is 17.4 Å². The van der Waals surface area contributed by atoms with Gasteiger partial charge in [-0.1, -0.05) is 17.8 Å². The van der Waals surface area contributed by atoms with Crippen LogP contribution < -0.4 is 0 Å². The number of aromatic nitrogens is 3. The fraction of sp³-hybridized carbons (Fsp3) is 0.353. The molecule has 3 aromatic heterocycles. The molecule has 8 heteroatoms. The van der Waals surface area contributed by atoms with Crippen LogP contribution in [0.15, 0.2) is 34.1 Å². The van der Waals surface area contributed by atoms with Gasteiger partial charge in [-0.2, -0.15) is 0 Å². The number of carbonyl (C=O) groups excluding carboxylic acids is 1. The fourth-order valence-electron chi connectivity index (χ4n) is 2.95. The first-order valence-electron chi connectivity index (χ1n) is 8.19. The minimum Gasteiger partial charge on any atom is -0.337 e. The molecular formula is C17H18N4OS3. The Morgan fingerprint density at radius 3 is 3.00 bits per heavy atom. The topological polar surface area (TPSA) is 51.0 Å². The number of hydrogen-bond donors (Lipinski definition) is 0. The third-order valence-electron chi connectivity index (χ3n) is 4.26. The van der Waals surface area contributed by atoms with E-state index in [1.54, 1.807) is 22.7 Å². The Bertz CT molecular complexity index is 868. The van der Waals surface area contributed by atoms with Crippen LogP contribution in [0.2, 0.25) is 0 Å². The Labute approximate surface area is 158 Å². The van der Waals surface area contributed by atoms with Crippen LogP contribution in [0.5, 0.6) is 0 Å². The molecule has 3 aromatic rings. The summed E-state index contributed by atoms with van der Waals surface area (Å²) in [6.07, 6.45) is 0.969. The minimum atomic E-state index is 0.171. The highest BCUT2D eigenvalue weighted by Gasteiger charge is 2.22. The van der Waals surface area contributed by atoms with E-state index in [1.165, 1.54) is 22.2 Å². The summed E-state index contributed by atoms with van der Waals surface area (Å²) < 4.78 is 2.08. The van der Waals surface area contributed by atoms with Crippen molar-refractivity contribution in [3.05, 3.63) is 39.4 Å². The van der Waals surface area contributed by atoms with Gasteiger partial charge in [-0.15, -0.1) is 32.9 Å². The molecule has 0 saturated heterocycles. The molecule has 4 heterocycles. The average molecular weight is 391 g/mol. The van der Waals surface area contributed by atoms with E-state index in [4.69, 9.17) is 0 Å². The van der Waals surface area contributed by atoms with Gasteiger partial charge >= 0.3 is 0 Å². The van der Waals surface area contributed by atoms with Crippen LogP contribution >= 0.6 is 34.4 Å². The number of hydrogen-bond acceptors (Lipinski definition) is 6. The van der Waals surface area contributed by atoms with Crippen molar-refractivity contribution < 1.29 is 4.79 Å². The van der Waals surface area contributed by atoms with E-state index >= 15 is 0 Å². The molecule has 1 aliphatic heterocycles. The number of thiophene rings is 2. The number of fused-ring (bicyclic) bond motifs is 1. The van der Waals surface area contributed by atoms with Crippen molar-refractivity contribution in [2.45, 2.75) is 31.6 Å². The molecular weight excluding hydrogens is 372 g/mol. The maximum Gasteiger partial charge on any atom is 0.233 e. The zero-order valence-corrected chi connectivity index (χ0v) is 16.3. The van der Waals surface area contributed by atoms with Gasteiger partial charge in [0.05, 0.1) is 10.6 Å². The second-order valence-corrected chi connectivity index (χ2v) is 8.64. The van der Waals surface area contributed by atoms with Crippen molar-refractivity contribution in [1.82, 2.24) is 19.7 Å². The quantitative estimate of drug-likeness (QED) is 0.623. The summed E-state index contributed by atoms with van der Waals surface area (Å²) in [4.78, 5) is 17.1. The van der Waals surface area contributed by atoms with Gasteiger partial charge in [0.2, 0.25) is 5.91 Å². The molecule has 0 bridgehead atoms. The van der Waals surface area contributed by atoms with Gasteiger partial charge in [-0.05, 0) is 41.8 Å². The van der Waals surface area contributed by atoms with E-state index < -0.39 is 0 Å². The number of nitrogens with zero attached hydrogens (tertiary/aromatic N) is 4. The largest absolute Gasteiger partial charge is 0.337 e. The molecule has 0 radical (unpaired) electrons. The van der Waals surface area contributed by atoms with Gasteiger partial charge in [-0.25, -0.2) is 0 Å². The molecule has 0 unspecified atom stereocenters. The van der Waals surface area contributed by atoms with E-state index in [0.717, 1.165) is 41.9 Å². The Balaban J connectivity index is 1.42. The average Bonchev–Trinajstić information content (AvgIpc) is 3.38. The molecule has 1 aliphatic rings. The molecule has 1 amide bonds. The molecule has 0 saturated carbocycles. The third kappa shape index (κ3) is 3.38. The highest BCUT2D eigenvalue weighted by atomic mass is 32.2. The van der Waals surface area contributed by atoms with Crippen LogP contribution in [-0.4, -0.2) is 37.9 Å². The van der Waals surface area contributed by atoms with Crippen LogP contribution in [0, 0.1) is 0 Å². The zero-order chi connectivity index (χ0) is 17.2. The maximum absolute atomic E-state index is 12.6. The van der Waals surface area contributed by atoms with Crippen molar-refractivity contribution in [3.63, 3.8) is 0 Å². The van der Waals surface area contributed by atoms with E-state index in [1.807, 2.05) is 22.4 Å². The number of amides is 1. The lowest BCUT2D eigenvalue weighted by Crippen LogP contribution is -2.36. The molecule has 4 rings (SSSR count). The van der Waals surface area contributed by atoms with E-state index in [9.17, 15) is 4.79 Å². The first-order valence-corrected chi connectivity index (χ1v) is 10.9. The van der Waals surface area contributed by atoms with Gasteiger partial charge in [0, 0.05) is 24.5 Å². The lowest BCUT2D eigenvalue weighted by atomic mass is 10.1. The molecule has 0 atom stereocenters. The molecule has 0 aliphatic carbocycles. The third-order valence-corrected chi connectivity index (χ3v) is 7.10. The minimum absolute atomic E-state index is 0.171. The Hall–Kier alpha value is -1.64. The normalized spacial score (nSPS) is 13.9. The summed E-state index contributed by atoms with van der Waals surface area (Å²) in [5, 5.41) is 13.6. The van der Waals surface area contributed by atoms with Gasteiger partial charge in [0.15, 0.2) is 11.0 Å². The molecule has 0 N–H and O–H groups in total. The van der Waals surface area contributed by atoms with Crippen molar-refractivity contribution >= 4 is 40.3 Å². The highest BCUT2D eigenvalue weighted by Crippen LogP contribution is 2.28. The summed E-state index contributed by atoms with van der Waals surface area (Å²) in [6, 6.07) is 6.19. The van der Waals surface area contributed by atoms with Crippen molar-refractivity contribution in [2.24, 2.45) is 0 Å². The monoisotopic (exact) mass is 390 g/mol. The second-order valence-electron chi connectivity index (χ2n) is 5.75. The van der Waals surface area contributed by atoms with Crippen LogP contribution in [-0.2, 0) is 24.3 Å². The Morgan fingerprint density at radius 2 is 2.20 bits per heavy atom.